The molecule has 1 saturated heterocycles. The summed E-state index contributed by atoms with van der Waals surface area (Å²) in [6, 6.07) is 8.94. The van der Waals surface area contributed by atoms with E-state index >= 15 is 0 Å². The zero-order chi connectivity index (χ0) is 22.7. The van der Waals surface area contributed by atoms with Crippen LogP contribution in [0.25, 0.3) is 0 Å². The molecule has 1 aromatic heterocycles. The number of nitrogens with zero attached hydrogens (tertiary/aromatic N) is 2. The summed E-state index contributed by atoms with van der Waals surface area (Å²) in [7, 11) is -4.23. The number of nitrogens with one attached hydrogen (secondary N) is 2. The first-order valence-corrected chi connectivity index (χ1v) is 12.3. The van der Waals surface area contributed by atoms with Gasteiger partial charge in [-0.25, -0.2) is 22.2 Å². The highest BCUT2D eigenvalue weighted by atomic mass is 35.5. The number of hydrogen-bond donors (Lipinski definition) is 2. The number of halogens is 3. The summed E-state index contributed by atoms with van der Waals surface area (Å²) < 4.78 is 65.3. The molecule has 170 valence electrons. The summed E-state index contributed by atoms with van der Waals surface area (Å²) in [5.41, 5.74) is 1.08. The lowest BCUT2D eigenvalue weighted by Gasteiger charge is -2.32. The summed E-state index contributed by atoms with van der Waals surface area (Å²) in [6.45, 7) is 1.50. The Balaban J connectivity index is 1.49. The molecule has 0 bridgehead atoms. The Morgan fingerprint density at radius 1 is 1.22 bits per heavy atom. The second kappa shape index (κ2) is 9.65. The minimum absolute atomic E-state index is 0.0100. The van der Waals surface area contributed by atoms with Gasteiger partial charge in [0.25, 0.3) is 10.0 Å². The van der Waals surface area contributed by atoms with Gasteiger partial charge in [-0.3, -0.25) is 4.72 Å². The van der Waals surface area contributed by atoms with Crippen LogP contribution >= 0.6 is 23.1 Å². The van der Waals surface area contributed by atoms with Crippen molar-refractivity contribution < 1.29 is 21.9 Å². The first-order valence-electron chi connectivity index (χ1n) is 9.71. The van der Waals surface area contributed by atoms with Crippen molar-refractivity contribution in [3.05, 3.63) is 64.9 Å². The first kappa shape index (κ1) is 22.8. The minimum atomic E-state index is -4.23. The van der Waals surface area contributed by atoms with Gasteiger partial charge in [0.2, 0.25) is 5.13 Å². The fourth-order valence-electron chi connectivity index (χ4n) is 3.66. The number of ether oxygens (including phenoxy) is 1. The molecular weight excluding hydrogens is 482 g/mol. The largest absolute Gasteiger partial charge is 0.487 e. The fraction of sp³-hybridized carbons (Fsp3) is 0.300. The number of piperidine rings is 1. The van der Waals surface area contributed by atoms with E-state index in [-0.39, 0.29) is 23.6 Å². The quantitative estimate of drug-likeness (QED) is 0.508. The van der Waals surface area contributed by atoms with Crippen molar-refractivity contribution in [2.45, 2.75) is 17.2 Å². The molecule has 32 heavy (non-hydrogen) atoms. The molecule has 1 aliphatic heterocycles. The molecule has 2 heterocycles. The van der Waals surface area contributed by atoms with Crippen molar-refractivity contribution in [2.75, 3.05) is 24.4 Å². The number of aromatic nitrogens is 2. The van der Waals surface area contributed by atoms with Crippen molar-refractivity contribution in [1.29, 1.82) is 0 Å². The van der Waals surface area contributed by atoms with Crippen molar-refractivity contribution in [1.82, 2.24) is 14.7 Å². The zero-order valence-electron chi connectivity index (χ0n) is 16.6. The maximum absolute atomic E-state index is 14.6. The van der Waals surface area contributed by atoms with Crippen molar-refractivity contribution in [2.24, 2.45) is 5.92 Å². The zero-order valence-corrected chi connectivity index (χ0v) is 19.0. The lowest BCUT2D eigenvalue weighted by molar-refractivity contribution is 0.185. The Kier molecular flexibility index (Phi) is 6.89. The Hall–Kier alpha value is -2.34. The summed E-state index contributed by atoms with van der Waals surface area (Å²) in [5.74, 6) is -2.72. The lowest BCUT2D eigenvalue weighted by atomic mass is 9.81. The van der Waals surface area contributed by atoms with E-state index < -0.39 is 32.3 Å². The van der Waals surface area contributed by atoms with Gasteiger partial charge in [-0.1, -0.05) is 23.7 Å². The number of hydrogen-bond acceptors (Lipinski definition) is 7. The minimum Gasteiger partial charge on any atom is -0.487 e. The summed E-state index contributed by atoms with van der Waals surface area (Å²) in [6.07, 6.45) is 2.01. The smallest absolute Gasteiger partial charge is 0.263 e. The molecule has 0 spiro atoms. The SMILES string of the molecule is O=S(=O)(Nc1ncns1)c1cc(F)c(OC[C@@H]2CNCC[C@H]2c2ccc(Cl)cc2)c(F)c1. The van der Waals surface area contributed by atoms with Gasteiger partial charge in [-0.2, -0.15) is 4.37 Å². The van der Waals surface area contributed by atoms with E-state index in [1.165, 1.54) is 0 Å². The van der Waals surface area contributed by atoms with Crippen LogP contribution in [-0.2, 0) is 10.0 Å². The molecule has 1 fully saturated rings. The maximum Gasteiger partial charge on any atom is 0.263 e. The third-order valence-corrected chi connectivity index (χ3v) is 7.49. The Morgan fingerprint density at radius 3 is 2.59 bits per heavy atom. The van der Waals surface area contributed by atoms with E-state index in [0.29, 0.717) is 11.6 Å². The molecule has 3 aromatic rings. The highest BCUT2D eigenvalue weighted by Crippen LogP contribution is 2.33. The predicted octanol–water partition coefficient (Wildman–Crippen LogP) is 4.04. The highest BCUT2D eigenvalue weighted by Gasteiger charge is 2.28. The van der Waals surface area contributed by atoms with Crippen LogP contribution in [0.15, 0.2) is 47.6 Å². The number of benzene rings is 2. The summed E-state index contributed by atoms with van der Waals surface area (Å²) >= 11 is 6.78. The van der Waals surface area contributed by atoms with Gasteiger partial charge in [0.05, 0.1) is 11.5 Å². The Bertz CT molecular complexity index is 1160. The topological polar surface area (TPSA) is 93.2 Å². The third-order valence-electron chi connectivity index (χ3n) is 5.21. The number of sulfonamides is 1. The van der Waals surface area contributed by atoms with E-state index in [9.17, 15) is 17.2 Å². The van der Waals surface area contributed by atoms with Gasteiger partial charge >= 0.3 is 0 Å². The van der Waals surface area contributed by atoms with Crippen molar-refractivity contribution >= 4 is 38.3 Å². The molecule has 0 unspecified atom stereocenters. The van der Waals surface area contributed by atoms with Gasteiger partial charge in [0.15, 0.2) is 17.4 Å². The molecular formula is C20H19ClF2N4O3S2. The third kappa shape index (κ3) is 5.17. The molecule has 2 N–H and O–H groups in total. The van der Waals surface area contributed by atoms with Gasteiger partial charge in [0, 0.05) is 29.0 Å². The van der Waals surface area contributed by atoms with E-state index in [4.69, 9.17) is 16.3 Å². The van der Waals surface area contributed by atoms with E-state index in [1.54, 1.807) is 0 Å². The molecule has 7 nitrogen and oxygen atoms in total. The molecule has 12 heteroatoms. The van der Waals surface area contributed by atoms with Crippen molar-refractivity contribution in [3.63, 3.8) is 0 Å². The predicted molar refractivity (Wildman–Crippen MR) is 118 cm³/mol. The maximum atomic E-state index is 14.6. The van der Waals surface area contributed by atoms with E-state index in [2.05, 4.69) is 19.4 Å². The average Bonchev–Trinajstić information content (AvgIpc) is 3.26. The molecule has 0 amide bonds. The summed E-state index contributed by atoms with van der Waals surface area (Å²) in [4.78, 5) is 3.12. The second-order valence-electron chi connectivity index (χ2n) is 7.29. The molecule has 2 aromatic carbocycles. The van der Waals surface area contributed by atoms with Gasteiger partial charge in [-0.05, 0) is 48.7 Å². The van der Waals surface area contributed by atoms with E-state index in [1.807, 2.05) is 24.3 Å². The number of rotatable bonds is 7. The molecule has 2 atom stereocenters. The van der Waals surface area contributed by atoms with Gasteiger partial charge in [-0.15, -0.1) is 0 Å². The second-order valence-corrected chi connectivity index (χ2v) is 10.2. The monoisotopic (exact) mass is 500 g/mol. The van der Waals surface area contributed by atoms with Crippen LogP contribution in [0.4, 0.5) is 13.9 Å². The van der Waals surface area contributed by atoms with Crippen LogP contribution < -0.4 is 14.8 Å². The van der Waals surface area contributed by atoms with E-state index in [0.717, 1.165) is 48.5 Å². The lowest BCUT2D eigenvalue weighted by Crippen LogP contribution is -2.38. The Labute approximate surface area is 193 Å². The Morgan fingerprint density at radius 2 is 1.94 bits per heavy atom. The van der Waals surface area contributed by atoms with Crippen LogP contribution in [0.5, 0.6) is 5.75 Å². The average molecular weight is 501 g/mol. The standard InChI is InChI=1S/C20H19ClF2N4O3S2/c21-14-3-1-12(2-4-14)16-5-6-24-9-13(16)10-30-19-17(22)7-15(8-18(19)23)32(28,29)27-20-25-11-26-31-20/h1-4,7-8,11,13,16,24H,5-6,9-10H2,(H,25,26,27)/t13-,16-/m0/s1. The van der Waals surface area contributed by atoms with Crippen LogP contribution in [0.2, 0.25) is 5.02 Å². The van der Waals surface area contributed by atoms with Crippen LogP contribution in [-0.4, -0.2) is 37.5 Å². The number of anilines is 1. The fourth-order valence-corrected chi connectivity index (χ4v) is 5.47. The molecule has 0 saturated carbocycles. The molecule has 1 aliphatic rings. The van der Waals surface area contributed by atoms with Crippen molar-refractivity contribution in [3.8, 4) is 5.75 Å². The molecule has 0 aliphatic carbocycles. The molecule has 4 rings (SSSR count). The normalized spacial score (nSPS) is 19.0. The highest BCUT2D eigenvalue weighted by molar-refractivity contribution is 7.93. The molecule has 0 radical (unpaired) electrons. The van der Waals surface area contributed by atoms with Gasteiger partial charge in [0.1, 0.15) is 6.33 Å². The van der Waals surface area contributed by atoms with Gasteiger partial charge < -0.3 is 10.1 Å². The first-order chi connectivity index (χ1) is 15.3. The van der Waals surface area contributed by atoms with Crippen LogP contribution in [0.3, 0.4) is 0 Å². The van der Waals surface area contributed by atoms with Crippen LogP contribution in [0, 0.1) is 17.6 Å². The van der Waals surface area contributed by atoms with Crippen LogP contribution in [0.1, 0.15) is 17.9 Å². The summed E-state index contributed by atoms with van der Waals surface area (Å²) in [5, 5.41) is 3.89.